The minimum absolute atomic E-state index is 0.197. The topological polar surface area (TPSA) is 106 Å². The molecule has 1 aliphatic heterocycles. The van der Waals surface area contributed by atoms with Crippen molar-refractivity contribution in [2.24, 2.45) is 0 Å². The molecule has 0 bridgehead atoms. The Bertz CT molecular complexity index is 1250. The number of carbonyl (C=O) groups excluding carboxylic acids is 1. The molecule has 152 valence electrons. The highest BCUT2D eigenvalue weighted by Crippen LogP contribution is 2.35. The number of nitrogens with zero attached hydrogens (tertiary/aromatic N) is 8. The highest BCUT2D eigenvalue weighted by atomic mass is 35.5. The zero-order valence-corrected chi connectivity index (χ0v) is 17.2. The molecule has 5 heterocycles. The Hall–Kier alpha value is -3.24. The summed E-state index contributed by atoms with van der Waals surface area (Å²) in [5.74, 6) is 0.571. The van der Waals surface area contributed by atoms with Crippen molar-refractivity contribution in [3.63, 3.8) is 0 Å². The van der Waals surface area contributed by atoms with Crippen LogP contribution in [0.2, 0.25) is 10.2 Å². The number of anilines is 2. The minimum atomic E-state index is -0.314. The molecule has 0 fully saturated rings. The van der Waals surface area contributed by atoms with E-state index in [2.05, 4.69) is 37.5 Å². The molecule has 1 N–H and O–H groups in total. The minimum Gasteiger partial charge on any atom is -0.306 e. The summed E-state index contributed by atoms with van der Waals surface area (Å²) >= 11 is 12.3. The van der Waals surface area contributed by atoms with Crippen LogP contribution in [-0.2, 0) is 0 Å². The molecule has 0 spiro atoms. The lowest BCUT2D eigenvalue weighted by molar-refractivity contribution is 0.256. The van der Waals surface area contributed by atoms with Crippen molar-refractivity contribution in [2.45, 2.75) is 19.3 Å². The molecule has 0 saturated carbocycles. The number of hydrogen-bond acceptors (Lipinski definition) is 6. The second-order valence-electron chi connectivity index (χ2n) is 6.89. The first-order valence-corrected chi connectivity index (χ1v) is 9.92. The van der Waals surface area contributed by atoms with Gasteiger partial charge in [-0.2, -0.15) is 15.3 Å². The van der Waals surface area contributed by atoms with Gasteiger partial charge in [0.05, 0.1) is 46.9 Å². The van der Waals surface area contributed by atoms with Crippen LogP contribution in [0.4, 0.5) is 16.2 Å². The maximum Gasteiger partial charge on any atom is 0.326 e. The molecule has 5 rings (SSSR count). The number of rotatable bonds is 2. The molecule has 12 heteroatoms. The molecule has 1 atom stereocenters. The molecule has 0 saturated heterocycles. The predicted octanol–water partition coefficient (Wildman–Crippen LogP) is 3.56. The molecule has 30 heavy (non-hydrogen) atoms. The van der Waals surface area contributed by atoms with Gasteiger partial charge < -0.3 is 5.32 Å². The zero-order valence-electron chi connectivity index (χ0n) is 15.7. The number of nitrogens with one attached hydrogen (secondary N) is 1. The Morgan fingerprint density at radius 2 is 1.97 bits per heavy atom. The van der Waals surface area contributed by atoms with Crippen LogP contribution in [0.1, 0.15) is 25.0 Å². The van der Waals surface area contributed by atoms with Crippen LogP contribution >= 0.6 is 23.2 Å². The molecule has 0 unspecified atom stereocenters. The van der Waals surface area contributed by atoms with Gasteiger partial charge in [0.15, 0.2) is 16.6 Å². The van der Waals surface area contributed by atoms with E-state index in [9.17, 15) is 4.79 Å². The second-order valence-corrected chi connectivity index (χ2v) is 7.68. The van der Waals surface area contributed by atoms with Crippen LogP contribution in [0, 0.1) is 0 Å². The normalized spacial score (nSPS) is 16.0. The third-order valence-corrected chi connectivity index (χ3v) is 5.40. The first-order chi connectivity index (χ1) is 14.5. The molecular formula is C18H15Cl2N9O. The predicted molar refractivity (Wildman–Crippen MR) is 112 cm³/mol. The van der Waals surface area contributed by atoms with E-state index in [4.69, 9.17) is 23.2 Å². The molecule has 2 amide bonds. The SMILES string of the molecule is C[C@@H]1CCN(C(=O)Nc2cnc(-n3nccn3)c(Cl)c2)c2cnc3cc(Cl)nn3c21. The molecule has 4 aromatic rings. The molecule has 4 aromatic heterocycles. The lowest BCUT2D eigenvalue weighted by atomic mass is 9.97. The van der Waals surface area contributed by atoms with Crippen LogP contribution in [0.25, 0.3) is 11.5 Å². The van der Waals surface area contributed by atoms with Crippen molar-refractivity contribution in [1.82, 2.24) is 34.6 Å². The van der Waals surface area contributed by atoms with Gasteiger partial charge in [-0.05, 0) is 12.5 Å². The number of fused-ring (bicyclic) bond motifs is 3. The van der Waals surface area contributed by atoms with E-state index in [0.29, 0.717) is 39.6 Å². The van der Waals surface area contributed by atoms with Gasteiger partial charge in [-0.25, -0.2) is 19.3 Å². The Kier molecular flexibility index (Phi) is 4.52. The fraction of sp³-hybridized carbons (Fsp3) is 0.222. The van der Waals surface area contributed by atoms with E-state index in [1.807, 2.05) is 0 Å². The summed E-state index contributed by atoms with van der Waals surface area (Å²) in [7, 11) is 0. The van der Waals surface area contributed by atoms with Crippen molar-refractivity contribution in [2.75, 3.05) is 16.8 Å². The maximum atomic E-state index is 13.0. The Labute approximate surface area is 180 Å². The highest BCUT2D eigenvalue weighted by Gasteiger charge is 2.30. The standard InChI is InChI=1S/C18H15Cl2N9O/c1-10-2-5-27(13-9-21-15-7-14(20)26-28(15)16(10)13)18(30)25-11-6-12(19)17(22-8-11)29-23-3-4-24-29/h3-4,6-10H,2,5H2,1H3,(H,25,30)/t10-/m1/s1. The number of halogens is 2. The van der Waals surface area contributed by atoms with E-state index in [-0.39, 0.29) is 11.9 Å². The molecule has 0 radical (unpaired) electrons. The summed E-state index contributed by atoms with van der Waals surface area (Å²) < 4.78 is 1.70. The summed E-state index contributed by atoms with van der Waals surface area (Å²) in [5.41, 5.74) is 2.68. The molecular weight excluding hydrogens is 429 g/mol. The third-order valence-electron chi connectivity index (χ3n) is 4.94. The zero-order chi connectivity index (χ0) is 20.8. The van der Waals surface area contributed by atoms with E-state index >= 15 is 0 Å². The van der Waals surface area contributed by atoms with Crippen LogP contribution in [0.5, 0.6) is 0 Å². The molecule has 0 aliphatic carbocycles. The molecule has 10 nitrogen and oxygen atoms in total. The smallest absolute Gasteiger partial charge is 0.306 e. The third kappa shape index (κ3) is 3.14. The van der Waals surface area contributed by atoms with Gasteiger partial charge in [0.2, 0.25) is 0 Å². The van der Waals surface area contributed by atoms with Crippen LogP contribution < -0.4 is 10.2 Å². The fourth-order valence-electron chi connectivity index (χ4n) is 3.54. The fourth-order valence-corrected chi connectivity index (χ4v) is 3.95. The summed E-state index contributed by atoms with van der Waals surface area (Å²) in [4.78, 5) is 24.6. The number of pyridine rings is 1. The number of urea groups is 1. The van der Waals surface area contributed by atoms with Gasteiger partial charge >= 0.3 is 6.03 Å². The number of amides is 2. The van der Waals surface area contributed by atoms with Crippen LogP contribution in [-0.4, -0.2) is 47.2 Å². The van der Waals surface area contributed by atoms with Gasteiger partial charge in [-0.1, -0.05) is 30.1 Å². The van der Waals surface area contributed by atoms with Gasteiger partial charge in [0.25, 0.3) is 0 Å². The van der Waals surface area contributed by atoms with Crippen molar-refractivity contribution < 1.29 is 4.79 Å². The van der Waals surface area contributed by atoms with E-state index in [1.54, 1.807) is 27.7 Å². The van der Waals surface area contributed by atoms with E-state index in [0.717, 1.165) is 12.1 Å². The molecule has 1 aliphatic rings. The maximum absolute atomic E-state index is 13.0. The lowest BCUT2D eigenvalue weighted by Gasteiger charge is -2.32. The highest BCUT2D eigenvalue weighted by molar-refractivity contribution is 6.32. The van der Waals surface area contributed by atoms with Crippen molar-refractivity contribution in [3.05, 3.63) is 52.8 Å². The Morgan fingerprint density at radius 1 is 1.17 bits per heavy atom. The van der Waals surface area contributed by atoms with Crippen LogP contribution in [0.15, 0.2) is 36.9 Å². The average Bonchev–Trinajstić information content (AvgIpc) is 3.37. The van der Waals surface area contributed by atoms with Crippen molar-refractivity contribution in [1.29, 1.82) is 0 Å². The lowest BCUT2D eigenvalue weighted by Crippen LogP contribution is -2.40. The van der Waals surface area contributed by atoms with Crippen molar-refractivity contribution >= 4 is 46.3 Å². The summed E-state index contributed by atoms with van der Waals surface area (Å²) in [6.07, 6.45) is 7.01. The van der Waals surface area contributed by atoms with Crippen LogP contribution in [0.3, 0.4) is 0 Å². The Morgan fingerprint density at radius 3 is 2.73 bits per heavy atom. The molecule has 0 aromatic carbocycles. The monoisotopic (exact) mass is 443 g/mol. The quantitative estimate of drug-likeness (QED) is 0.507. The van der Waals surface area contributed by atoms with Gasteiger partial charge in [-0.3, -0.25) is 4.90 Å². The van der Waals surface area contributed by atoms with E-state index < -0.39 is 0 Å². The summed E-state index contributed by atoms with van der Waals surface area (Å²) in [5, 5.41) is 15.8. The van der Waals surface area contributed by atoms with Crippen molar-refractivity contribution in [3.8, 4) is 5.82 Å². The number of hydrogen-bond donors (Lipinski definition) is 1. The van der Waals surface area contributed by atoms with Gasteiger partial charge in [0, 0.05) is 18.5 Å². The average molecular weight is 444 g/mol. The first-order valence-electron chi connectivity index (χ1n) is 9.16. The number of aromatic nitrogens is 7. The second kappa shape index (κ2) is 7.22. The van der Waals surface area contributed by atoms with E-state index in [1.165, 1.54) is 23.4 Å². The largest absolute Gasteiger partial charge is 0.326 e. The summed E-state index contributed by atoms with van der Waals surface area (Å²) in [6, 6.07) is 2.98. The van der Waals surface area contributed by atoms with Gasteiger partial charge in [0.1, 0.15) is 0 Å². The number of carbonyl (C=O) groups is 1. The van der Waals surface area contributed by atoms with Gasteiger partial charge in [-0.15, -0.1) is 4.80 Å². The first kappa shape index (κ1) is 18.8. The Balaban J connectivity index is 1.44. The summed E-state index contributed by atoms with van der Waals surface area (Å²) in [6.45, 7) is 2.63.